The number of nitrogen functional groups attached to an aromatic ring is 4. The van der Waals surface area contributed by atoms with E-state index in [-0.39, 0.29) is 11.6 Å². The number of anilines is 4. The molecule has 6 nitrogen and oxygen atoms in total. The monoisotopic (exact) mass is 233 g/mol. The van der Waals surface area contributed by atoms with Gasteiger partial charge in [-0.1, -0.05) is 0 Å². The van der Waals surface area contributed by atoms with Gasteiger partial charge in [0.05, 0.1) is 5.69 Å². The van der Waals surface area contributed by atoms with Crippen LogP contribution in [0.25, 0.3) is 0 Å². The van der Waals surface area contributed by atoms with Gasteiger partial charge in [0.25, 0.3) is 0 Å². The van der Waals surface area contributed by atoms with Crippen LogP contribution in [0.4, 0.5) is 23.0 Å². The zero-order valence-electron chi connectivity index (χ0n) is 9.17. The largest absolute Gasteiger partial charge is 0.508 e. The molecule has 9 N–H and O–H groups in total. The minimum atomic E-state index is 0.249. The van der Waals surface area contributed by atoms with Gasteiger partial charge in [-0.25, -0.2) is 4.98 Å². The van der Waals surface area contributed by atoms with Crippen LogP contribution in [0.5, 0.6) is 5.75 Å². The number of hydrogen-bond acceptors (Lipinski definition) is 6. The number of nitrogens with zero attached hydrogens (tertiary/aromatic N) is 1. The summed E-state index contributed by atoms with van der Waals surface area (Å²) in [6.45, 7) is 0. The van der Waals surface area contributed by atoms with E-state index in [1.54, 1.807) is 36.4 Å². The van der Waals surface area contributed by atoms with E-state index < -0.39 is 0 Å². The first-order valence-electron chi connectivity index (χ1n) is 4.81. The SMILES string of the molecule is Nc1ccc(N)c(N)n1.Nc1ccc(O)cc1. The Hall–Kier alpha value is -2.63. The Balaban J connectivity index is 0.000000171. The second-order valence-corrected chi connectivity index (χ2v) is 3.30. The maximum atomic E-state index is 8.70. The molecule has 0 saturated carbocycles. The highest BCUT2D eigenvalue weighted by atomic mass is 16.3. The molecule has 0 amide bonds. The van der Waals surface area contributed by atoms with E-state index in [0.717, 1.165) is 0 Å². The standard InChI is InChI=1S/C6H7NO.C5H8N4/c7-5-1-3-6(8)4-2-5;6-3-1-2-4(7)9-5(3)8/h1-4,8H,7H2;1-2H,6H2,(H4,7,8,9). The molecule has 1 heterocycles. The quantitative estimate of drug-likeness (QED) is 0.337. The molecule has 0 aliphatic rings. The lowest BCUT2D eigenvalue weighted by molar-refractivity contribution is 0.475. The lowest BCUT2D eigenvalue weighted by atomic mass is 10.3. The van der Waals surface area contributed by atoms with Crippen molar-refractivity contribution in [2.45, 2.75) is 0 Å². The molecule has 2 rings (SSSR count). The molecule has 17 heavy (non-hydrogen) atoms. The zero-order chi connectivity index (χ0) is 12.8. The van der Waals surface area contributed by atoms with Crippen molar-refractivity contribution < 1.29 is 5.11 Å². The van der Waals surface area contributed by atoms with Crippen LogP contribution in [-0.4, -0.2) is 10.1 Å². The molecule has 1 aromatic carbocycles. The number of aromatic nitrogens is 1. The van der Waals surface area contributed by atoms with Gasteiger partial charge in [-0.3, -0.25) is 0 Å². The third-order valence-corrected chi connectivity index (χ3v) is 1.87. The van der Waals surface area contributed by atoms with E-state index in [2.05, 4.69) is 4.98 Å². The molecule has 90 valence electrons. The van der Waals surface area contributed by atoms with Gasteiger partial charge in [0.15, 0.2) is 0 Å². The Morgan fingerprint density at radius 3 is 1.82 bits per heavy atom. The highest BCUT2D eigenvalue weighted by Crippen LogP contribution is 2.11. The summed E-state index contributed by atoms with van der Waals surface area (Å²) in [5.41, 5.74) is 22.4. The van der Waals surface area contributed by atoms with Crippen molar-refractivity contribution in [3.8, 4) is 5.75 Å². The van der Waals surface area contributed by atoms with Crippen LogP contribution in [0.1, 0.15) is 0 Å². The van der Waals surface area contributed by atoms with Crippen LogP contribution >= 0.6 is 0 Å². The van der Waals surface area contributed by atoms with Crippen molar-refractivity contribution in [1.29, 1.82) is 0 Å². The molecule has 0 fully saturated rings. The maximum absolute atomic E-state index is 8.70. The van der Waals surface area contributed by atoms with E-state index in [1.165, 1.54) is 0 Å². The highest BCUT2D eigenvalue weighted by molar-refractivity contribution is 5.60. The van der Waals surface area contributed by atoms with Crippen molar-refractivity contribution in [3.63, 3.8) is 0 Å². The Morgan fingerprint density at radius 1 is 0.824 bits per heavy atom. The summed E-state index contributed by atoms with van der Waals surface area (Å²) in [5.74, 6) is 0.927. The maximum Gasteiger partial charge on any atom is 0.149 e. The number of phenolic OH excluding ortho intramolecular Hbond substituents is 1. The average molecular weight is 233 g/mol. The Kier molecular flexibility index (Phi) is 3.99. The smallest absolute Gasteiger partial charge is 0.149 e. The molecule has 0 aliphatic carbocycles. The highest BCUT2D eigenvalue weighted by Gasteiger charge is 1.92. The molecule has 2 aromatic rings. The number of pyridine rings is 1. The first-order valence-corrected chi connectivity index (χ1v) is 4.81. The molecule has 0 bridgehead atoms. The minimum absolute atomic E-state index is 0.249. The molecule has 0 spiro atoms. The summed E-state index contributed by atoms with van der Waals surface area (Å²) >= 11 is 0. The van der Waals surface area contributed by atoms with E-state index >= 15 is 0 Å². The lowest BCUT2D eigenvalue weighted by Crippen LogP contribution is -1.99. The van der Waals surface area contributed by atoms with Crippen LogP contribution < -0.4 is 22.9 Å². The predicted molar refractivity (Wildman–Crippen MR) is 70.0 cm³/mol. The summed E-state index contributed by atoms with van der Waals surface area (Å²) in [7, 11) is 0. The predicted octanol–water partition coefficient (Wildman–Crippen LogP) is 0.803. The number of hydrogen-bond donors (Lipinski definition) is 5. The second kappa shape index (κ2) is 5.45. The van der Waals surface area contributed by atoms with Crippen molar-refractivity contribution in [1.82, 2.24) is 4.98 Å². The van der Waals surface area contributed by atoms with E-state index in [4.69, 9.17) is 28.0 Å². The second-order valence-electron chi connectivity index (χ2n) is 3.30. The number of nitrogens with two attached hydrogens (primary N) is 4. The van der Waals surface area contributed by atoms with Gasteiger partial charge < -0.3 is 28.0 Å². The third kappa shape index (κ3) is 4.17. The van der Waals surface area contributed by atoms with Crippen LogP contribution in [0.2, 0.25) is 0 Å². The zero-order valence-corrected chi connectivity index (χ0v) is 9.17. The van der Waals surface area contributed by atoms with Gasteiger partial charge in [0, 0.05) is 5.69 Å². The fourth-order valence-electron chi connectivity index (χ4n) is 0.976. The number of rotatable bonds is 0. The van der Waals surface area contributed by atoms with Gasteiger partial charge in [-0.05, 0) is 36.4 Å². The Labute approximate surface area is 98.9 Å². The first-order chi connectivity index (χ1) is 7.99. The fraction of sp³-hybridized carbons (Fsp3) is 0. The molecule has 0 saturated heterocycles. The van der Waals surface area contributed by atoms with E-state index in [1.807, 2.05) is 0 Å². The summed E-state index contributed by atoms with van der Waals surface area (Å²) in [6.07, 6.45) is 0. The summed E-state index contributed by atoms with van der Waals surface area (Å²) < 4.78 is 0. The summed E-state index contributed by atoms with van der Waals surface area (Å²) in [4.78, 5) is 3.70. The molecule has 0 unspecified atom stereocenters. The van der Waals surface area contributed by atoms with Gasteiger partial charge in [-0.2, -0.15) is 0 Å². The number of phenols is 1. The topological polar surface area (TPSA) is 137 Å². The van der Waals surface area contributed by atoms with Crippen molar-refractivity contribution in [2.75, 3.05) is 22.9 Å². The van der Waals surface area contributed by atoms with Crippen LogP contribution in [0.3, 0.4) is 0 Å². The molecule has 0 atom stereocenters. The van der Waals surface area contributed by atoms with Crippen LogP contribution in [0.15, 0.2) is 36.4 Å². The van der Waals surface area contributed by atoms with Crippen molar-refractivity contribution in [3.05, 3.63) is 36.4 Å². The normalized spacial score (nSPS) is 9.18. The Bertz CT molecular complexity index is 463. The third-order valence-electron chi connectivity index (χ3n) is 1.87. The summed E-state index contributed by atoms with van der Waals surface area (Å²) in [5, 5.41) is 8.70. The number of benzene rings is 1. The summed E-state index contributed by atoms with van der Waals surface area (Å²) in [6, 6.07) is 9.62. The van der Waals surface area contributed by atoms with Crippen molar-refractivity contribution >= 4 is 23.0 Å². The van der Waals surface area contributed by atoms with Gasteiger partial charge in [-0.15, -0.1) is 0 Å². The number of aromatic hydroxyl groups is 1. The Morgan fingerprint density at radius 2 is 1.41 bits per heavy atom. The van der Waals surface area contributed by atoms with Crippen molar-refractivity contribution in [2.24, 2.45) is 0 Å². The van der Waals surface area contributed by atoms with Gasteiger partial charge in [0.2, 0.25) is 0 Å². The molecular formula is C11H15N5O. The van der Waals surface area contributed by atoms with Gasteiger partial charge in [0.1, 0.15) is 17.4 Å². The minimum Gasteiger partial charge on any atom is -0.508 e. The average Bonchev–Trinajstić information content (AvgIpc) is 2.29. The van der Waals surface area contributed by atoms with Crippen LogP contribution in [-0.2, 0) is 0 Å². The molecule has 0 aliphatic heterocycles. The molecule has 1 aromatic heterocycles. The molecular weight excluding hydrogens is 218 g/mol. The lowest BCUT2D eigenvalue weighted by Gasteiger charge is -1.97. The van der Waals surface area contributed by atoms with E-state index in [9.17, 15) is 0 Å². The van der Waals surface area contributed by atoms with Crippen LogP contribution in [0, 0.1) is 0 Å². The first kappa shape index (κ1) is 12.4. The van der Waals surface area contributed by atoms with E-state index in [0.29, 0.717) is 17.2 Å². The molecule has 6 heteroatoms. The van der Waals surface area contributed by atoms with Gasteiger partial charge >= 0.3 is 0 Å². The fourth-order valence-corrected chi connectivity index (χ4v) is 0.976. The molecule has 0 radical (unpaired) electrons.